The molecule has 0 aliphatic heterocycles. The molecule has 128 valence electrons. The number of carbonyl (C=O) groups excluding carboxylic acids is 1. The molecule has 0 saturated heterocycles. The molecule has 0 amide bonds. The highest BCUT2D eigenvalue weighted by Gasteiger charge is 2.44. The van der Waals surface area contributed by atoms with E-state index in [0.717, 1.165) is 11.3 Å². The van der Waals surface area contributed by atoms with Crippen LogP contribution in [0.1, 0.15) is 19.4 Å². The first-order valence-electron chi connectivity index (χ1n) is 8.07. The number of para-hydroxylation sites is 1. The van der Waals surface area contributed by atoms with Crippen LogP contribution in [0, 0.1) is 5.92 Å². The third-order valence-corrected chi connectivity index (χ3v) is 4.06. The summed E-state index contributed by atoms with van der Waals surface area (Å²) in [6.45, 7) is 3.88. The molecule has 2 aromatic rings. The van der Waals surface area contributed by atoms with E-state index < -0.39 is 5.72 Å². The first-order chi connectivity index (χ1) is 11.5. The van der Waals surface area contributed by atoms with E-state index in [1.165, 1.54) is 6.92 Å². The zero-order chi connectivity index (χ0) is 17.6. The van der Waals surface area contributed by atoms with Crippen molar-refractivity contribution in [3.63, 3.8) is 0 Å². The van der Waals surface area contributed by atoms with Crippen LogP contribution < -0.4 is 4.74 Å². The normalized spacial score (nSPS) is 14.7. The Bertz CT molecular complexity index is 642. The van der Waals surface area contributed by atoms with Gasteiger partial charge in [-0.3, -0.25) is 9.69 Å². The molecular formula is C20H25NO3. The van der Waals surface area contributed by atoms with Crippen molar-refractivity contribution in [2.24, 2.45) is 5.92 Å². The number of esters is 1. The Morgan fingerprint density at radius 3 is 2.08 bits per heavy atom. The molecule has 4 heteroatoms. The van der Waals surface area contributed by atoms with E-state index in [0.29, 0.717) is 6.61 Å². The molecule has 2 aromatic carbocycles. The number of rotatable bonds is 7. The molecule has 0 aliphatic rings. The molecule has 24 heavy (non-hydrogen) atoms. The Morgan fingerprint density at radius 1 is 1.04 bits per heavy atom. The van der Waals surface area contributed by atoms with Crippen molar-refractivity contribution in [1.29, 1.82) is 0 Å². The summed E-state index contributed by atoms with van der Waals surface area (Å²) in [5.74, 6) is 0.394. The Kier molecular flexibility index (Phi) is 5.99. The minimum Gasteiger partial charge on any atom is -0.493 e. The number of nitrogens with zero attached hydrogens (tertiary/aromatic N) is 1. The second kappa shape index (κ2) is 7.97. The summed E-state index contributed by atoms with van der Waals surface area (Å²) in [6.07, 6.45) is 0. The molecule has 0 spiro atoms. The fourth-order valence-electron chi connectivity index (χ4n) is 2.98. The van der Waals surface area contributed by atoms with Crippen LogP contribution in [0.3, 0.4) is 0 Å². The van der Waals surface area contributed by atoms with Crippen molar-refractivity contribution in [1.82, 2.24) is 4.90 Å². The number of carbonyl (C=O) groups is 1. The van der Waals surface area contributed by atoms with E-state index in [1.54, 1.807) is 0 Å². The van der Waals surface area contributed by atoms with Crippen LogP contribution >= 0.6 is 0 Å². The van der Waals surface area contributed by atoms with Gasteiger partial charge in [-0.25, -0.2) is 0 Å². The van der Waals surface area contributed by atoms with Gasteiger partial charge in [0.2, 0.25) is 0 Å². The van der Waals surface area contributed by atoms with Crippen LogP contribution in [0.5, 0.6) is 5.75 Å². The van der Waals surface area contributed by atoms with Gasteiger partial charge in [0.25, 0.3) is 0 Å². The Labute approximate surface area is 144 Å². The molecule has 0 heterocycles. The molecule has 2 unspecified atom stereocenters. The quantitative estimate of drug-likeness (QED) is 0.574. The van der Waals surface area contributed by atoms with E-state index in [1.807, 2.05) is 86.6 Å². The molecular weight excluding hydrogens is 302 g/mol. The van der Waals surface area contributed by atoms with Gasteiger partial charge >= 0.3 is 5.97 Å². The average Bonchev–Trinajstić information content (AvgIpc) is 2.58. The maximum Gasteiger partial charge on any atom is 0.304 e. The molecule has 0 N–H and O–H groups in total. The van der Waals surface area contributed by atoms with Gasteiger partial charge in [0, 0.05) is 18.4 Å². The van der Waals surface area contributed by atoms with Gasteiger partial charge in [-0.15, -0.1) is 0 Å². The fraction of sp³-hybridized carbons (Fsp3) is 0.350. The molecule has 0 fully saturated rings. The standard InChI is InChI=1S/C20H25NO3/c1-16(15-23-19-13-9-6-10-14-19)20(21(3)4,24-17(2)22)18-11-7-5-8-12-18/h5-14,16H,15H2,1-4H3. The summed E-state index contributed by atoms with van der Waals surface area (Å²) in [6, 6.07) is 19.4. The first-order valence-corrected chi connectivity index (χ1v) is 8.07. The molecule has 2 rings (SSSR count). The lowest BCUT2D eigenvalue weighted by molar-refractivity contribution is -0.197. The van der Waals surface area contributed by atoms with Crippen LogP contribution in [-0.4, -0.2) is 31.6 Å². The zero-order valence-corrected chi connectivity index (χ0v) is 14.7. The monoisotopic (exact) mass is 327 g/mol. The van der Waals surface area contributed by atoms with Crippen LogP contribution in [0.4, 0.5) is 0 Å². The Balaban J connectivity index is 2.31. The predicted octanol–water partition coefficient (Wildman–Crippen LogP) is 3.68. The minimum absolute atomic E-state index is 0.0843. The maximum atomic E-state index is 11.8. The second-order valence-electron chi connectivity index (χ2n) is 6.08. The van der Waals surface area contributed by atoms with Crippen LogP contribution in [-0.2, 0) is 15.3 Å². The highest BCUT2D eigenvalue weighted by atomic mass is 16.6. The topological polar surface area (TPSA) is 38.8 Å². The SMILES string of the molecule is CC(=O)OC(c1ccccc1)(C(C)COc1ccccc1)N(C)C. The maximum absolute atomic E-state index is 11.8. The highest BCUT2D eigenvalue weighted by molar-refractivity contribution is 5.66. The lowest BCUT2D eigenvalue weighted by Crippen LogP contribution is -2.51. The van der Waals surface area contributed by atoms with Gasteiger partial charge in [0.1, 0.15) is 5.75 Å². The lowest BCUT2D eigenvalue weighted by Gasteiger charge is -2.43. The molecule has 2 atom stereocenters. The summed E-state index contributed by atoms with van der Waals surface area (Å²) in [5.41, 5.74) is 0.0383. The minimum atomic E-state index is -0.887. The van der Waals surface area contributed by atoms with E-state index in [-0.39, 0.29) is 11.9 Å². The number of hydrogen-bond donors (Lipinski definition) is 0. The van der Waals surface area contributed by atoms with Crippen LogP contribution in [0.25, 0.3) is 0 Å². The Hall–Kier alpha value is -2.33. The summed E-state index contributed by atoms with van der Waals surface area (Å²) in [4.78, 5) is 13.8. The predicted molar refractivity (Wildman–Crippen MR) is 94.7 cm³/mol. The van der Waals surface area contributed by atoms with Crippen molar-refractivity contribution in [2.45, 2.75) is 19.6 Å². The van der Waals surface area contributed by atoms with E-state index in [2.05, 4.69) is 0 Å². The molecule has 0 aromatic heterocycles. The van der Waals surface area contributed by atoms with E-state index in [9.17, 15) is 4.79 Å². The van der Waals surface area contributed by atoms with Crippen LogP contribution in [0.2, 0.25) is 0 Å². The largest absolute Gasteiger partial charge is 0.493 e. The third-order valence-electron chi connectivity index (χ3n) is 4.06. The van der Waals surface area contributed by atoms with Gasteiger partial charge in [-0.1, -0.05) is 55.5 Å². The van der Waals surface area contributed by atoms with Gasteiger partial charge in [0.15, 0.2) is 5.72 Å². The Morgan fingerprint density at radius 2 is 1.58 bits per heavy atom. The van der Waals surface area contributed by atoms with Gasteiger partial charge in [-0.2, -0.15) is 0 Å². The molecule has 4 nitrogen and oxygen atoms in total. The number of hydrogen-bond acceptors (Lipinski definition) is 4. The molecule has 0 bridgehead atoms. The fourth-order valence-corrected chi connectivity index (χ4v) is 2.98. The van der Waals surface area contributed by atoms with Crippen molar-refractivity contribution < 1.29 is 14.3 Å². The van der Waals surface area contributed by atoms with Crippen LogP contribution in [0.15, 0.2) is 60.7 Å². The molecule has 0 radical (unpaired) electrons. The summed E-state index contributed by atoms with van der Waals surface area (Å²) < 4.78 is 11.8. The van der Waals surface area contributed by atoms with Crippen molar-refractivity contribution in [3.05, 3.63) is 66.2 Å². The summed E-state index contributed by atoms with van der Waals surface area (Å²) in [5, 5.41) is 0. The summed E-state index contributed by atoms with van der Waals surface area (Å²) in [7, 11) is 3.82. The smallest absolute Gasteiger partial charge is 0.304 e. The van der Waals surface area contributed by atoms with Crippen molar-refractivity contribution in [2.75, 3.05) is 20.7 Å². The number of ether oxygens (including phenoxy) is 2. The highest BCUT2D eigenvalue weighted by Crippen LogP contribution is 2.36. The van der Waals surface area contributed by atoms with Gasteiger partial charge < -0.3 is 9.47 Å². The van der Waals surface area contributed by atoms with E-state index in [4.69, 9.17) is 9.47 Å². The molecule has 0 saturated carbocycles. The zero-order valence-electron chi connectivity index (χ0n) is 14.7. The third kappa shape index (κ3) is 3.95. The van der Waals surface area contributed by atoms with Crippen molar-refractivity contribution in [3.8, 4) is 5.75 Å². The second-order valence-corrected chi connectivity index (χ2v) is 6.08. The average molecular weight is 327 g/mol. The molecule has 0 aliphatic carbocycles. The number of benzene rings is 2. The van der Waals surface area contributed by atoms with Gasteiger partial charge in [0.05, 0.1) is 6.61 Å². The first kappa shape index (κ1) is 18.0. The van der Waals surface area contributed by atoms with E-state index >= 15 is 0 Å². The summed E-state index contributed by atoms with van der Waals surface area (Å²) >= 11 is 0. The lowest BCUT2D eigenvalue weighted by atomic mass is 9.89. The van der Waals surface area contributed by atoms with Crippen molar-refractivity contribution >= 4 is 5.97 Å². The van der Waals surface area contributed by atoms with Gasteiger partial charge in [-0.05, 0) is 26.2 Å².